The van der Waals surface area contributed by atoms with Gasteiger partial charge in [-0.1, -0.05) is 27.7 Å². The number of nitrogens with one attached hydrogen (secondary N) is 1. The van der Waals surface area contributed by atoms with E-state index in [0.717, 1.165) is 31.7 Å². The molecular formula is C15H27N3O. The summed E-state index contributed by atoms with van der Waals surface area (Å²) in [4.78, 5) is 21.0. The van der Waals surface area contributed by atoms with Crippen LogP contribution in [0.5, 0.6) is 0 Å². The summed E-state index contributed by atoms with van der Waals surface area (Å²) in [7, 11) is 0. The van der Waals surface area contributed by atoms with Crippen LogP contribution in [0, 0.1) is 18.8 Å². The molecule has 4 nitrogen and oxygen atoms in total. The van der Waals surface area contributed by atoms with Crippen LogP contribution in [0.25, 0.3) is 0 Å². The molecule has 4 heteroatoms. The predicted octanol–water partition coefficient (Wildman–Crippen LogP) is 2.98. The van der Waals surface area contributed by atoms with Crippen LogP contribution in [0.4, 0.5) is 5.82 Å². The number of H-pyrrole nitrogens is 1. The topological polar surface area (TPSA) is 49.0 Å². The van der Waals surface area contributed by atoms with Gasteiger partial charge in [-0.3, -0.25) is 4.79 Å². The molecule has 0 atom stereocenters. The Morgan fingerprint density at radius 1 is 1.16 bits per heavy atom. The molecule has 0 spiro atoms. The molecule has 0 radical (unpaired) electrons. The quantitative estimate of drug-likeness (QED) is 0.824. The first-order valence-corrected chi connectivity index (χ1v) is 7.21. The van der Waals surface area contributed by atoms with Crippen molar-refractivity contribution in [2.75, 3.05) is 18.0 Å². The Labute approximate surface area is 116 Å². The highest BCUT2D eigenvalue weighted by Crippen LogP contribution is 2.13. The molecule has 108 valence electrons. The second-order valence-corrected chi connectivity index (χ2v) is 6.04. The Balaban J connectivity index is 2.83. The molecular weight excluding hydrogens is 238 g/mol. The van der Waals surface area contributed by atoms with Crippen LogP contribution in [0.2, 0.25) is 0 Å². The van der Waals surface area contributed by atoms with Gasteiger partial charge in [0.25, 0.3) is 5.56 Å². The van der Waals surface area contributed by atoms with Crippen LogP contribution in [-0.2, 0) is 0 Å². The zero-order valence-corrected chi connectivity index (χ0v) is 12.9. The molecule has 1 N–H and O–H groups in total. The number of aryl methyl sites for hydroxylation is 1. The number of hydrogen-bond donors (Lipinski definition) is 1. The minimum atomic E-state index is -0.0680. The maximum atomic E-state index is 11.6. The molecule has 19 heavy (non-hydrogen) atoms. The molecule has 0 bridgehead atoms. The largest absolute Gasteiger partial charge is 0.356 e. The van der Waals surface area contributed by atoms with E-state index in [1.807, 2.05) is 6.92 Å². The van der Waals surface area contributed by atoms with Gasteiger partial charge in [0, 0.05) is 19.2 Å². The minimum absolute atomic E-state index is 0.0680. The SMILES string of the molecule is Cc1nc(N(CCC(C)C)CCC(C)C)cc(=O)[nH]1. The minimum Gasteiger partial charge on any atom is -0.356 e. The van der Waals surface area contributed by atoms with E-state index in [9.17, 15) is 4.79 Å². The van der Waals surface area contributed by atoms with Crippen molar-refractivity contribution in [2.24, 2.45) is 11.8 Å². The molecule has 0 unspecified atom stereocenters. The molecule has 0 saturated heterocycles. The lowest BCUT2D eigenvalue weighted by Gasteiger charge is -2.25. The summed E-state index contributed by atoms with van der Waals surface area (Å²) in [6.07, 6.45) is 2.23. The molecule has 0 aliphatic heterocycles. The maximum absolute atomic E-state index is 11.6. The van der Waals surface area contributed by atoms with Gasteiger partial charge in [-0.05, 0) is 31.6 Å². The van der Waals surface area contributed by atoms with Crippen molar-refractivity contribution in [3.8, 4) is 0 Å². The number of nitrogens with zero attached hydrogens (tertiary/aromatic N) is 2. The van der Waals surface area contributed by atoms with Crippen molar-refractivity contribution in [3.63, 3.8) is 0 Å². The molecule has 1 aromatic rings. The highest BCUT2D eigenvalue weighted by atomic mass is 16.1. The first-order valence-electron chi connectivity index (χ1n) is 7.21. The lowest BCUT2D eigenvalue weighted by atomic mass is 10.1. The molecule has 0 aliphatic rings. The van der Waals surface area contributed by atoms with Gasteiger partial charge in [0.15, 0.2) is 0 Å². The molecule has 1 aromatic heterocycles. The first kappa shape index (κ1) is 15.7. The molecule has 0 saturated carbocycles. The smallest absolute Gasteiger partial charge is 0.252 e. The zero-order chi connectivity index (χ0) is 14.4. The van der Waals surface area contributed by atoms with E-state index in [4.69, 9.17) is 0 Å². The van der Waals surface area contributed by atoms with Gasteiger partial charge in [-0.2, -0.15) is 0 Å². The van der Waals surface area contributed by atoms with Gasteiger partial charge in [0.2, 0.25) is 0 Å². The first-order chi connectivity index (χ1) is 8.88. The highest BCUT2D eigenvalue weighted by molar-refractivity contribution is 5.37. The van der Waals surface area contributed by atoms with Gasteiger partial charge in [-0.15, -0.1) is 0 Å². The summed E-state index contributed by atoms with van der Waals surface area (Å²) < 4.78 is 0. The average molecular weight is 265 g/mol. The number of aromatic amines is 1. The monoisotopic (exact) mass is 265 g/mol. The third-order valence-electron chi connectivity index (χ3n) is 3.12. The number of aromatic nitrogens is 2. The van der Waals surface area contributed by atoms with E-state index in [2.05, 4.69) is 42.6 Å². The third-order valence-corrected chi connectivity index (χ3v) is 3.12. The fraction of sp³-hybridized carbons (Fsp3) is 0.733. The van der Waals surface area contributed by atoms with Crippen molar-refractivity contribution in [1.82, 2.24) is 9.97 Å². The Morgan fingerprint density at radius 2 is 1.68 bits per heavy atom. The number of hydrogen-bond acceptors (Lipinski definition) is 3. The number of rotatable bonds is 7. The molecule has 0 fully saturated rings. The van der Waals surface area contributed by atoms with Crippen LogP contribution in [0.3, 0.4) is 0 Å². The van der Waals surface area contributed by atoms with Gasteiger partial charge in [0.1, 0.15) is 11.6 Å². The van der Waals surface area contributed by atoms with E-state index >= 15 is 0 Å². The Morgan fingerprint density at radius 3 is 2.11 bits per heavy atom. The van der Waals surface area contributed by atoms with E-state index in [0.29, 0.717) is 17.7 Å². The van der Waals surface area contributed by atoms with Gasteiger partial charge < -0.3 is 9.88 Å². The lowest BCUT2D eigenvalue weighted by Crippen LogP contribution is -2.30. The van der Waals surface area contributed by atoms with Crippen molar-refractivity contribution in [2.45, 2.75) is 47.5 Å². The fourth-order valence-corrected chi connectivity index (χ4v) is 1.89. The molecule has 0 aliphatic carbocycles. The summed E-state index contributed by atoms with van der Waals surface area (Å²) in [5.41, 5.74) is -0.0680. The van der Waals surface area contributed by atoms with Crippen molar-refractivity contribution in [3.05, 3.63) is 22.2 Å². The van der Waals surface area contributed by atoms with Crippen molar-refractivity contribution >= 4 is 5.82 Å². The lowest BCUT2D eigenvalue weighted by molar-refractivity contribution is 0.532. The highest BCUT2D eigenvalue weighted by Gasteiger charge is 2.11. The van der Waals surface area contributed by atoms with E-state index in [1.165, 1.54) is 0 Å². The summed E-state index contributed by atoms with van der Waals surface area (Å²) in [6.45, 7) is 12.6. The Kier molecular flexibility index (Phi) is 6.06. The van der Waals surface area contributed by atoms with Gasteiger partial charge in [0.05, 0.1) is 0 Å². The summed E-state index contributed by atoms with van der Waals surface area (Å²) >= 11 is 0. The molecule has 0 aromatic carbocycles. The second-order valence-electron chi connectivity index (χ2n) is 6.04. The second kappa shape index (κ2) is 7.31. The average Bonchev–Trinajstić information content (AvgIpc) is 2.26. The Hall–Kier alpha value is -1.32. The van der Waals surface area contributed by atoms with Crippen LogP contribution in [0.15, 0.2) is 10.9 Å². The van der Waals surface area contributed by atoms with E-state index in [-0.39, 0.29) is 5.56 Å². The molecule has 1 heterocycles. The molecule has 0 amide bonds. The normalized spacial score (nSPS) is 11.3. The van der Waals surface area contributed by atoms with Gasteiger partial charge in [-0.25, -0.2) is 4.98 Å². The van der Waals surface area contributed by atoms with Crippen LogP contribution < -0.4 is 10.5 Å². The predicted molar refractivity (Wildman–Crippen MR) is 80.7 cm³/mol. The summed E-state index contributed by atoms with van der Waals surface area (Å²) in [5, 5.41) is 0. The van der Waals surface area contributed by atoms with E-state index < -0.39 is 0 Å². The Bertz CT molecular complexity index is 425. The third kappa shape index (κ3) is 5.90. The zero-order valence-electron chi connectivity index (χ0n) is 12.9. The number of anilines is 1. The van der Waals surface area contributed by atoms with Crippen LogP contribution in [-0.4, -0.2) is 23.1 Å². The van der Waals surface area contributed by atoms with E-state index in [1.54, 1.807) is 6.07 Å². The standard InChI is InChI=1S/C15H27N3O/c1-11(2)6-8-18(9-7-12(3)4)14-10-15(19)17-13(5)16-14/h10-12H,6-9H2,1-5H3,(H,16,17,19). The maximum Gasteiger partial charge on any atom is 0.252 e. The van der Waals surface area contributed by atoms with Crippen molar-refractivity contribution in [1.29, 1.82) is 0 Å². The van der Waals surface area contributed by atoms with Crippen LogP contribution in [0.1, 0.15) is 46.4 Å². The summed E-state index contributed by atoms with van der Waals surface area (Å²) in [5.74, 6) is 2.80. The van der Waals surface area contributed by atoms with Crippen LogP contribution >= 0.6 is 0 Å². The van der Waals surface area contributed by atoms with Crippen molar-refractivity contribution < 1.29 is 0 Å². The molecule has 1 rings (SSSR count). The fourth-order valence-electron chi connectivity index (χ4n) is 1.89. The summed E-state index contributed by atoms with van der Waals surface area (Å²) in [6, 6.07) is 1.60. The van der Waals surface area contributed by atoms with Gasteiger partial charge >= 0.3 is 0 Å².